The maximum absolute atomic E-state index is 12.9. The minimum Gasteiger partial charge on any atom is -0.345 e. The molecule has 0 saturated carbocycles. The van der Waals surface area contributed by atoms with Gasteiger partial charge in [0.25, 0.3) is 0 Å². The van der Waals surface area contributed by atoms with Gasteiger partial charge in [-0.1, -0.05) is 48.0 Å². The first-order valence-electron chi connectivity index (χ1n) is 9.70. The third-order valence-electron chi connectivity index (χ3n) is 4.74. The molecular weight excluding hydrogens is 364 g/mol. The van der Waals surface area contributed by atoms with Crippen molar-refractivity contribution >= 4 is 17.7 Å². The summed E-state index contributed by atoms with van der Waals surface area (Å²) >= 11 is 1.60. The first-order chi connectivity index (χ1) is 13.5. The number of hydrogen-bond donors (Lipinski definition) is 0. The van der Waals surface area contributed by atoms with Crippen molar-refractivity contribution in [3.63, 3.8) is 0 Å². The Morgan fingerprint density at radius 1 is 1.04 bits per heavy atom. The molecule has 3 aromatic rings. The van der Waals surface area contributed by atoms with Gasteiger partial charge in [0.15, 0.2) is 0 Å². The molecule has 1 heterocycles. The highest BCUT2D eigenvalue weighted by atomic mass is 32.2. The molecule has 0 spiro atoms. The monoisotopic (exact) mass is 392 g/mol. The van der Waals surface area contributed by atoms with Crippen molar-refractivity contribution in [3.05, 3.63) is 89.7 Å². The van der Waals surface area contributed by atoms with E-state index >= 15 is 0 Å². The lowest BCUT2D eigenvalue weighted by Gasteiger charge is -2.27. The quantitative estimate of drug-likeness (QED) is 0.481. The van der Waals surface area contributed by atoms with Gasteiger partial charge in [-0.05, 0) is 50.6 Å². The van der Waals surface area contributed by atoms with Crippen LogP contribution in [0.2, 0.25) is 0 Å². The molecule has 0 N–H and O–H groups in total. The van der Waals surface area contributed by atoms with Crippen molar-refractivity contribution in [3.8, 4) is 0 Å². The molecule has 0 saturated heterocycles. The number of hydrogen-bond acceptors (Lipinski definition) is 2. The first-order valence-corrected chi connectivity index (χ1v) is 10.7. The van der Waals surface area contributed by atoms with E-state index in [4.69, 9.17) is 0 Å². The van der Waals surface area contributed by atoms with Gasteiger partial charge in [-0.2, -0.15) is 0 Å². The van der Waals surface area contributed by atoms with E-state index in [2.05, 4.69) is 67.9 Å². The van der Waals surface area contributed by atoms with Crippen LogP contribution < -0.4 is 0 Å². The van der Waals surface area contributed by atoms with Crippen LogP contribution in [0.5, 0.6) is 0 Å². The Kier molecular flexibility index (Phi) is 6.99. The summed E-state index contributed by atoms with van der Waals surface area (Å²) in [6.45, 7) is 7.73. The normalized spacial score (nSPS) is 11.0. The minimum absolute atomic E-state index is 0.159. The third kappa shape index (κ3) is 5.52. The topological polar surface area (TPSA) is 25.2 Å². The van der Waals surface area contributed by atoms with Gasteiger partial charge in [0, 0.05) is 29.4 Å². The summed E-state index contributed by atoms with van der Waals surface area (Å²) in [5.41, 5.74) is 3.70. The van der Waals surface area contributed by atoms with Gasteiger partial charge in [0.05, 0.1) is 12.3 Å². The van der Waals surface area contributed by atoms with Gasteiger partial charge in [-0.25, -0.2) is 0 Å². The number of benzene rings is 2. The molecule has 0 radical (unpaired) electrons. The van der Waals surface area contributed by atoms with Crippen LogP contribution in [0, 0.1) is 6.92 Å². The van der Waals surface area contributed by atoms with Crippen molar-refractivity contribution in [2.45, 2.75) is 44.8 Å². The summed E-state index contributed by atoms with van der Waals surface area (Å²) in [5.74, 6) is 0.632. The first kappa shape index (κ1) is 20.3. The average Bonchev–Trinajstić information content (AvgIpc) is 3.11. The average molecular weight is 393 g/mol. The molecule has 3 rings (SSSR count). The van der Waals surface area contributed by atoms with Crippen LogP contribution >= 0.6 is 11.8 Å². The van der Waals surface area contributed by atoms with Gasteiger partial charge < -0.3 is 9.47 Å². The number of aromatic nitrogens is 1. The van der Waals surface area contributed by atoms with Gasteiger partial charge in [-0.3, -0.25) is 4.79 Å². The number of rotatable bonds is 8. The summed E-state index contributed by atoms with van der Waals surface area (Å²) < 4.78 is 2.24. The van der Waals surface area contributed by atoms with Gasteiger partial charge >= 0.3 is 0 Å². The fraction of sp³-hybridized carbons (Fsp3) is 0.292. The molecule has 4 heteroatoms. The molecule has 0 bridgehead atoms. The lowest BCUT2D eigenvalue weighted by atomic mass is 10.1. The fourth-order valence-corrected chi connectivity index (χ4v) is 4.04. The Morgan fingerprint density at radius 3 is 2.54 bits per heavy atom. The zero-order chi connectivity index (χ0) is 19.9. The third-order valence-corrected chi connectivity index (χ3v) is 5.74. The summed E-state index contributed by atoms with van der Waals surface area (Å²) in [4.78, 5) is 16.0. The molecule has 2 aromatic carbocycles. The molecule has 3 nitrogen and oxygen atoms in total. The van der Waals surface area contributed by atoms with Gasteiger partial charge in [0.1, 0.15) is 0 Å². The Balaban J connectivity index is 1.67. The number of aryl methyl sites for hydroxylation is 1. The Hall–Kier alpha value is -2.46. The summed E-state index contributed by atoms with van der Waals surface area (Å²) in [6, 6.07) is 23.0. The number of thioether (sulfide) groups is 1. The molecule has 146 valence electrons. The number of amides is 1. The van der Waals surface area contributed by atoms with Crippen molar-refractivity contribution in [1.29, 1.82) is 0 Å². The van der Waals surface area contributed by atoms with E-state index < -0.39 is 0 Å². The highest BCUT2D eigenvalue weighted by Gasteiger charge is 2.19. The van der Waals surface area contributed by atoms with Crippen LogP contribution in [0.3, 0.4) is 0 Å². The highest BCUT2D eigenvalue weighted by molar-refractivity contribution is 8.00. The van der Waals surface area contributed by atoms with E-state index in [1.807, 2.05) is 35.2 Å². The highest BCUT2D eigenvalue weighted by Crippen LogP contribution is 2.19. The number of carbonyl (C=O) groups is 1. The van der Waals surface area contributed by atoms with Crippen LogP contribution in [-0.4, -0.2) is 27.2 Å². The van der Waals surface area contributed by atoms with Crippen LogP contribution in [0.25, 0.3) is 0 Å². The van der Waals surface area contributed by atoms with Crippen molar-refractivity contribution < 1.29 is 4.79 Å². The van der Waals surface area contributed by atoms with Crippen molar-refractivity contribution in [2.24, 2.45) is 0 Å². The van der Waals surface area contributed by atoms with Crippen molar-refractivity contribution in [2.75, 3.05) is 5.75 Å². The van der Waals surface area contributed by atoms with E-state index in [9.17, 15) is 4.79 Å². The molecule has 0 atom stereocenters. The predicted molar refractivity (Wildman–Crippen MR) is 118 cm³/mol. The van der Waals surface area contributed by atoms with E-state index in [1.165, 1.54) is 11.1 Å². The molecule has 0 fully saturated rings. The second-order valence-corrected chi connectivity index (χ2v) is 8.38. The van der Waals surface area contributed by atoms with Gasteiger partial charge in [-0.15, -0.1) is 11.8 Å². The van der Waals surface area contributed by atoms with E-state index in [0.29, 0.717) is 12.3 Å². The Labute approximate surface area is 172 Å². The predicted octanol–water partition coefficient (Wildman–Crippen LogP) is 5.37. The van der Waals surface area contributed by atoms with Crippen LogP contribution in [0.1, 0.15) is 30.7 Å². The maximum Gasteiger partial charge on any atom is 0.233 e. The zero-order valence-corrected chi connectivity index (χ0v) is 17.7. The second kappa shape index (κ2) is 9.65. The Morgan fingerprint density at radius 2 is 1.82 bits per heavy atom. The minimum atomic E-state index is 0.159. The lowest BCUT2D eigenvalue weighted by Crippen LogP contribution is -2.38. The molecule has 0 aliphatic heterocycles. The summed E-state index contributed by atoms with van der Waals surface area (Å²) in [5, 5.41) is 0. The molecule has 28 heavy (non-hydrogen) atoms. The zero-order valence-electron chi connectivity index (χ0n) is 16.8. The SMILES string of the molecule is Cc1cccc(Cn2cccc2CN(C(=O)CSc2ccccc2)C(C)C)c1. The standard InChI is InChI=1S/C24H28N2OS/c1-19(2)26(24(27)18-28-23-12-5-4-6-13-23)17-22-11-8-14-25(22)16-21-10-7-9-20(3)15-21/h4-15,19H,16-18H2,1-3H3. The van der Waals surface area contributed by atoms with Crippen molar-refractivity contribution in [1.82, 2.24) is 9.47 Å². The number of carbonyl (C=O) groups excluding carboxylic acids is 1. The van der Waals surface area contributed by atoms with Gasteiger partial charge in [0.2, 0.25) is 5.91 Å². The van der Waals surface area contributed by atoms with Crippen LogP contribution in [0.4, 0.5) is 0 Å². The van der Waals surface area contributed by atoms with E-state index in [1.54, 1.807) is 11.8 Å². The molecule has 1 aromatic heterocycles. The molecule has 0 unspecified atom stereocenters. The summed E-state index contributed by atoms with van der Waals surface area (Å²) in [6.07, 6.45) is 2.10. The smallest absolute Gasteiger partial charge is 0.233 e. The van der Waals surface area contributed by atoms with E-state index in [-0.39, 0.29) is 11.9 Å². The maximum atomic E-state index is 12.9. The number of nitrogens with zero attached hydrogens (tertiary/aromatic N) is 2. The Bertz CT molecular complexity index is 902. The molecule has 0 aliphatic carbocycles. The molecular formula is C24H28N2OS. The lowest BCUT2D eigenvalue weighted by molar-refractivity contribution is -0.130. The van der Waals surface area contributed by atoms with E-state index in [0.717, 1.165) is 17.1 Å². The largest absolute Gasteiger partial charge is 0.345 e. The second-order valence-electron chi connectivity index (χ2n) is 7.33. The molecule has 0 aliphatic rings. The summed E-state index contributed by atoms with van der Waals surface area (Å²) in [7, 11) is 0. The van der Waals surface area contributed by atoms with Crippen LogP contribution in [-0.2, 0) is 17.9 Å². The molecule has 1 amide bonds. The van der Waals surface area contributed by atoms with Crippen LogP contribution in [0.15, 0.2) is 77.8 Å². The fourth-order valence-electron chi connectivity index (χ4n) is 3.23.